The van der Waals surface area contributed by atoms with Crippen LogP contribution < -0.4 is 16.4 Å². The highest BCUT2D eigenvalue weighted by molar-refractivity contribution is 6.95. The Kier molecular flexibility index (Phi) is 6.68. The van der Waals surface area contributed by atoms with Gasteiger partial charge >= 0.3 is 0 Å². The Labute approximate surface area is 287 Å². The Hall–Kier alpha value is -6.11. The van der Waals surface area contributed by atoms with E-state index in [1.54, 1.807) is 0 Å². The predicted octanol–water partition coefficient (Wildman–Crippen LogP) is 9.14. The molecule has 230 valence electrons. The molecule has 0 N–H and O–H groups in total. The Morgan fingerprint density at radius 1 is 0.510 bits per heavy atom. The van der Waals surface area contributed by atoms with Gasteiger partial charge in [-0.3, -0.25) is 0 Å². The normalized spacial score (nSPS) is 12.8. The van der Waals surface area contributed by atoms with E-state index in [1.165, 1.54) is 77.3 Å². The minimum Gasteiger partial charge on any atom is -0.309 e. The quantitative estimate of drug-likeness (QED) is 0.176. The van der Waals surface area contributed by atoms with E-state index >= 15 is 0 Å². The molecule has 0 bridgehead atoms. The lowest BCUT2D eigenvalue weighted by atomic mass is 9.36. The van der Waals surface area contributed by atoms with E-state index in [2.05, 4.69) is 176 Å². The van der Waals surface area contributed by atoms with Gasteiger partial charge in [0.25, 0.3) is 0 Å². The van der Waals surface area contributed by atoms with Crippen LogP contribution in [0.5, 0.6) is 0 Å². The molecule has 0 radical (unpaired) electrons. The SMILES string of the molecule is CC1(C)c2ccccc2-c2ccc(B(c3ccc(C#N)cc3)c3ccc(-c4ccc5c(c4)c4ccccc4n5-c4ccccc4)cc3)cc21. The second kappa shape index (κ2) is 11.3. The van der Waals surface area contributed by atoms with Gasteiger partial charge in [0.1, 0.15) is 0 Å². The third-order valence-electron chi connectivity index (χ3n) is 10.6. The molecular formula is C46H33BN2. The highest BCUT2D eigenvalue weighted by Crippen LogP contribution is 2.48. The molecule has 1 heterocycles. The first-order valence-corrected chi connectivity index (χ1v) is 16.9. The number of hydrogen-bond donors (Lipinski definition) is 0. The lowest BCUT2D eigenvalue weighted by molar-refractivity contribution is 0.661. The van der Waals surface area contributed by atoms with Crippen LogP contribution in [0.15, 0.2) is 164 Å². The van der Waals surface area contributed by atoms with Crippen molar-refractivity contribution in [1.82, 2.24) is 4.57 Å². The first-order chi connectivity index (χ1) is 24.0. The van der Waals surface area contributed by atoms with Gasteiger partial charge in [-0.15, -0.1) is 0 Å². The van der Waals surface area contributed by atoms with Gasteiger partial charge in [0, 0.05) is 21.9 Å². The third-order valence-corrected chi connectivity index (χ3v) is 10.6. The monoisotopic (exact) mass is 624 g/mol. The van der Waals surface area contributed by atoms with Gasteiger partial charge in [-0.1, -0.05) is 152 Å². The first kappa shape index (κ1) is 29.1. The number of nitrogens with zero attached hydrogens (tertiary/aromatic N) is 2. The summed E-state index contributed by atoms with van der Waals surface area (Å²) in [6.07, 6.45) is 0. The molecule has 0 atom stereocenters. The second-order valence-corrected chi connectivity index (χ2v) is 13.7. The number of hydrogen-bond acceptors (Lipinski definition) is 1. The number of para-hydroxylation sites is 2. The molecule has 49 heavy (non-hydrogen) atoms. The molecule has 0 unspecified atom stereocenters. The van der Waals surface area contributed by atoms with Gasteiger partial charge in [-0.25, -0.2) is 0 Å². The Bertz CT molecular complexity index is 2570. The van der Waals surface area contributed by atoms with Crippen LogP contribution in [0, 0.1) is 11.3 Å². The molecule has 9 rings (SSSR count). The van der Waals surface area contributed by atoms with Crippen molar-refractivity contribution in [2.24, 2.45) is 0 Å². The van der Waals surface area contributed by atoms with E-state index in [4.69, 9.17) is 0 Å². The fraction of sp³-hybridized carbons (Fsp3) is 0.0652. The van der Waals surface area contributed by atoms with Gasteiger partial charge in [-0.05, 0) is 75.8 Å². The molecular weight excluding hydrogens is 591 g/mol. The van der Waals surface area contributed by atoms with E-state index in [9.17, 15) is 5.26 Å². The van der Waals surface area contributed by atoms with Gasteiger partial charge < -0.3 is 4.57 Å². The Morgan fingerprint density at radius 3 is 1.90 bits per heavy atom. The summed E-state index contributed by atoms with van der Waals surface area (Å²) < 4.78 is 2.36. The maximum Gasteiger partial charge on any atom is 0.241 e. The summed E-state index contributed by atoms with van der Waals surface area (Å²) in [5.74, 6) is 0. The number of aromatic nitrogens is 1. The Balaban J connectivity index is 1.14. The second-order valence-electron chi connectivity index (χ2n) is 13.7. The molecule has 0 spiro atoms. The van der Waals surface area contributed by atoms with E-state index in [1.807, 2.05) is 12.1 Å². The molecule has 0 saturated heterocycles. The number of benzene rings is 7. The lowest BCUT2D eigenvalue weighted by Gasteiger charge is -2.23. The van der Waals surface area contributed by atoms with E-state index in [0.717, 1.165) is 0 Å². The summed E-state index contributed by atoms with van der Waals surface area (Å²) in [7, 11) is 0. The topological polar surface area (TPSA) is 28.7 Å². The van der Waals surface area contributed by atoms with Crippen molar-refractivity contribution >= 4 is 44.9 Å². The van der Waals surface area contributed by atoms with Crippen LogP contribution in [0.3, 0.4) is 0 Å². The predicted molar refractivity (Wildman–Crippen MR) is 206 cm³/mol. The van der Waals surface area contributed by atoms with Crippen LogP contribution in [0.25, 0.3) is 49.7 Å². The van der Waals surface area contributed by atoms with Crippen molar-refractivity contribution < 1.29 is 0 Å². The number of nitriles is 1. The molecule has 0 saturated carbocycles. The molecule has 0 fully saturated rings. The summed E-state index contributed by atoms with van der Waals surface area (Å²) in [4.78, 5) is 0. The van der Waals surface area contributed by atoms with Crippen molar-refractivity contribution in [1.29, 1.82) is 5.26 Å². The summed E-state index contributed by atoms with van der Waals surface area (Å²) in [5.41, 5.74) is 15.6. The minimum absolute atomic E-state index is 0.0259. The van der Waals surface area contributed by atoms with E-state index < -0.39 is 0 Å². The molecule has 8 aromatic rings. The summed E-state index contributed by atoms with van der Waals surface area (Å²) in [6.45, 7) is 4.69. The van der Waals surface area contributed by atoms with Gasteiger partial charge in [0.2, 0.25) is 6.71 Å². The van der Waals surface area contributed by atoms with Crippen LogP contribution in [0.1, 0.15) is 30.5 Å². The zero-order valence-electron chi connectivity index (χ0n) is 27.6. The Morgan fingerprint density at radius 2 is 1.12 bits per heavy atom. The van der Waals surface area contributed by atoms with E-state index in [0.29, 0.717) is 5.56 Å². The molecule has 2 nitrogen and oxygen atoms in total. The summed E-state index contributed by atoms with van der Waals surface area (Å²) in [5, 5.41) is 12.0. The number of rotatable bonds is 5. The van der Waals surface area contributed by atoms with Crippen LogP contribution >= 0.6 is 0 Å². The standard InChI is InChI=1S/C46H33BN2/c1-46(2)42-14-8-6-12-38(42)39-26-25-36(29-43(39)46)47(34-21-16-31(30-48)17-22-34)35-23-18-32(19-24-35)33-20-27-45-41(28-33)40-13-7-9-15-44(40)49(45)37-10-4-3-5-11-37/h3-29H,1-2H3. The third kappa shape index (κ3) is 4.64. The highest BCUT2D eigenvalue weighted by Gasteiger charge is 2.36. The molecule has 3 heteroatoms. The fourth-order valence-electron chi connectivity index (χ4n) is 8.10. The van der Waals surface area contributed by atoms with Crippen molar-refractivity contribution in [3.8, 4) is 34.0 Å². The maximum absolute atomic E-state index is 9.52. The largest absolute Gasteiger partial charge is 0.309 e. The molecule has 1 aliphatic rings. The van der Waals surface area contributed by atoms with Crippen molar-refractivity contribution in [3.05, 3.63) is 180 Å². The summed E-state index contributed by atoms with van der Waals surface area (Å²) in [6, 6.07) is 61.4. The van der Waals surface area contributed by atoms with Crippen molar-refractivity contribution in [2.45, 2.75) is 19.3 Å². The minimum atomic E-state index is -0.0801. The van der Waals surface area contributed by atoms with Gasteiger partial charge in [0.15, 0.2) is 0 Å². The molecule has 1 aliphatic carbocycles. The van der Waals surface area contributed by atoms with Crippen LogP contribution in [-0.2, 0) is 5.41 Å². The zero-order valence-corrected chi connectivity index (χ0v) is 27.6. The number of fused-ring (bicyclic) bond motifs is 6. The smallest absolute Gasteiger partial charge is 0.241 e. The van der Waals surface area contributed by atoms with Gasteiger partial charge in [0.05, 0.1) is 22.7 Å². The van der Waals surface area contributed by atoms with Crippen molar-refractivity contribution in [3.63, 3.8) is 0 Å². The molecule has 1 aromatic heterocycles. The maximum atomic E-state index is 9.52. The summed E-state index contributed by atoms with van der Waals surface area (Å²) >= 11 is 0. The lowest BCUT2D eigenvalue weighted by Crippen LogP contribution is -2.52. The van der Waals surface area contributed by atoms with Crippen LogP contribution in [0.2, 0.25) is 0 Å². The first-order valence-electron chi connectivity index (χ1n) is 16.9. The molecule has 0 aliphatic heterocycles. The molecule has 0 amide bonds. The molecule has 7 aromatic carbocycles. The van der Waals surface area contributed by atoms with Crippen molar-refractivity contribution in [2.75, 3.05) is 0 Å². The van der Waals surface area contributed by atoms with E-state index in [-0.39, 0.29) is 12.1 Å². The average molecular weight is 625 g/mol. The van der Waals surface area contributed by atoms with Gasteiger partial charge in [-0.2, -0.15) is 5.26 Å². The fourth-order valence-corrected chi connectivity index (χ4v) is 8.10. The van der Waals surface area contributed by atoms with Crippen LogP contribution in [-0.4, -0.2) is 11.3 Å². The van der Waals surface area contributed by atoms with Crippen LogP contribution in [0.4, 0.5) is 0 Å². The average Bonchev–Trinajstić information content (AvgIpc) is 3.61. The zero-order chi connectivity index (χ0) is 33.1. The highest BCUT2D eigenvalue weighted by atomic mass is 15.0.